The minimum Gasteiger partial charge on any atom is -0.480 e. The van der Waals surface area contributed by atoms with Crippen molar-refractivity contribution in [2.45, 2.75) is 19.4 Å². The molecule has 1 aromatic carbocycles. The van der Waals surface area contributed by atoms with Gasteiger partial charge >= 0.3 is 5.97 Å². The molecular formula is C18H14N2O6S2. The molecule has 1 fully saturated rings. The fraction of sp³-hybridized carbons (Fsp3) is 0.167. The van der Waals surface area contributed by atoms with E-state index in [-0.39, 0.29) is 21.3 Å². The smallest absolute Gasteiger partial charge is 0.326 e. The van der Waals surface area contributed by atoms with Gasteiger partial charge in [-0.1, -0.05) is 30.9 Å². The van der Waals surface area contributed by atoms with Crippen molar-refractivity contribution in [1.82, 2.24) is 4.90 Å². The van der Waals surface area contributed by atoms with Crippen molar-refractivity contribution in [3.8, 4) is 11.3 Å². The number of carbonyl (C=O) groups excluding carboxylic acids is 1. The highest BCUT2D eigenvalue weighted by atomic mass is 32.2. The number of furan rings is 1. The quantitative estimate of drug-likeness (QED) is 0.325. The molecule has 3 rings (SSSR count). The lowest BCUT2D eigenvalue weighted by atomic mass is 10.1. The van der Waals surface area contributed by atoms with Gasteiger partial charge in [0.05, 0.1) is 9.83 Å². The number of non-ortho nitro benzene ring substituents is 1. The number of carbonyl (C=O) groups is 2. The normalized spacial score (nSPS) is 16.6. The number of thiocarbonyl (C=S) groups is 1. The summed E-state index contributed by atoms with van der Waals surface area (Å²) in [7, 11) is 0. The number of hydrogen-bond acceptors (Lipinski definition) is 7. The first-order chi connectivity index (χ1) is 13.3. The Hall–Kier alpha value is -2.98. The van der Waals surface area contributed by atoms with Crippen LogP contribution < -0.4 is 0 Å². The lowest BCUT2D eigenvalue weighted by Gasteiger charge is -2.21. The third kappa shape index (κ3) is 3.82. The van der Waals surface area contributed by atoms with Crippen molar-refractivity contribution in [1.29, 1.82) is 0 Å². The van der Waals surface area contributed by atoms with Crippen LogP contribution in [0.25, 0.3) is 17.4 Å². The van der Waals surface area contributed by atoms with Crippen molar-refractivity contribution in [3.05, 3.63) is 57.2 Å². The highest BCUT2D eigenvalue weighted by Gasteiger charge is 2.39. The maximum Gasteiger partial charge on any atom is 0.326 e. The van der Waals surface area contributed by atoms with Crippen LogP contribution in [0.5, 0.6) is 0 Å². The summed E-state index contributed by atoms with van der Waals surface area (Å²) in [5, 5.41) is 20.0. The van der Waals surface area contributed by atoms with Crippen LogP contribution in [0.1, 0.15) is 19.1 Å². The number of benzene rings is 1. The number of nitro groups is 1. The molecule has 2 aromatic rings. The Balaban J connectivity index is 1.83. The van der Waals surface area contributed by atoms with Crippen molar-refractivity contribution >= 4 is 51.9 Å². The van der Waals surface area contributed by atoms with E-state index in [9.17, 15) is 24.8 Å². The molecule has 2 heterocycles. The maximum absolute atomic E-state index is 12.6. The van der Waals surface area contributed by atoms with Gasteiger partial charge in [0.25, 0.3) is 11.6 Å². The van der Waals surface area contributed by atoms with Crippen LogP contribution in [0.15, 0.2) is 45.7 Å². The van der Waals surface area contributed by atoms with Crippen molar-refractivity contribution in [2.24, 2.45) is 0 Å². The second-order valence-electron chi connectivity index (χ2n) is 5.82. The number of hydrogen-bond donors (Lipinski definition) is 1. The summed E-state index contributed by atoms with van der Waals surface area (Å²) in [5.74, 6) is -0.720. The van der Waals surface area contributed by atoms with E-state index in [0.29, 0.717) is 17.1 Å². The van der Waals surface area contributed by atoms with Crippen LogP contribution in [-0.4, -0.2) is 37.2 Å². The zero-order valence-electron chi connectivity index (χ0n) is 14.5. The second-order valence-corrected chi connectivity index (χ2v) is 7.50. The van der Waals surface area contributed by atoms with E-state index in [2.05, 4.69) is 0 Å². The van der Waals surface area contributed by atoms with E-state index in [0.717, 1.165) is 16.7 Å². The maximum atomic E-state index is 12.6. The molecule has 28 heavy (non-hydrogen) atoms. The number of aliphatic carboxylic acids is 1. The van der Waals surface area contributed by atoms with Gasteiger partial charge in [-0.05, 0) is 30.7 Å². The Morgan fingerprint density at radius 2 is 2.04 bits per heavy atom. The zero-order chi connectivity index (χ0) is 20.4. The molecule has 1 aliphatic rings. The predicted molar refractivity (Wildman–Crippen MR) is 108 cm³/mol. The van der Waals surface area contributed by atoms with Gasteiger partial charge in [0, 0.05) is 23.8 Å². The molecule has 0 radical (unpaired) electrons. The average molecular weight is 418 g/mol. The van der Waals surface area contributed by atoms with Crippen LogP contribution in [0, 0.1) is 10.1 Å². The Morgan fingerprint density at radius 1 is 1.36 bits per heavy atom. The Bertz CT molecular complexity index is 996. The Morgan fingerprint density at radius 3 is 2.61 bits per heavy atom. The van der Waals surface area contributed by atoms with Crippen LogP contribution >= 0.6 is 24.0 Å². The first-order valence-electron chi connectivity index (χ1n) is 8.16. The van der Waals surface area contributed by atoms with Gasteiger partial charge in [0.15, 0.2) is 0 Å². The number of carboxylic acids is 1. The average Bonchev–Trinajstić information content (AvgIpc) is 3.22. The van der Waals surface area contributed by atoms with Crippen LogP contribution in [0.2, 0.25) is 0 Å². The van der Waals surface area contributed by atoms with Gasteiger partial charge in [0.2, 0.25) is 0 Å². The Kier molecular flexibility index (Phi) is 5.61. The van der Waals surface area contributed by atoms with Crippen molar-refractivity contribution in [3.63, 3.8) is 0 Å². The summed E-state index contributed by atoms with van der Waals surface area (Å²) in [6, 6.07) is 8.21. The van der Waals surface area contributed by atoms with Gasteiger partial charge in [-0.2, -0.15) is 0 Å². The molecule has 1 N–H and O–H groups in total. The lowest BCUT2D eigenvalue weighted by molar-refractivity contribution is -0.384. The summed E-state index contributed by atoms with van der Waals surface area (Å²) in [6.45, 7) is 1.67. The molecule has 1 aliphatic heterocycles. The van der Waals surface area contributed by atoms with E-state index in [1.165, 1.54) is 18.2 Å². The number of carboxylic acid groups (broad SMARTS) is 1. The molecule has 1 amide bonds. The highest BCUT2D eigenvalue weighted by Crippen LogP contribution is 2.35. The standard InChI is InChI=1S/C18H14N2O6S2/c1-2-13(17(22)23)19-16(21)15(28-18(19)27)9-12-7-8-14(26-12)10-3-5-11(6-4-10)20(24)25/h3-9,13H,2H2,1H3,(H,22,23)/b15-9+. The largest absolute Gasteiger partial charge is 0.480 e. The van der Waals surface area contributed by atoms with Crippen LogP contribution in [-0.2, 0) is 9.59 Å². The summed E-state index contributed by atoms with van der Waals surface area (Å²) < 4.78 is 5.88. The number of amides is 1. The molecular weight excluding hydrogens is 404 g/mol. The molecule has 1 saturated heterocycles. The first kappa shape index (κ1) is 19.8. The minimum absolute atomic E-state index is 0.0249. The van der Waals surface area contributed by atoms with Crippen LogP contribution in [0.3, 0.4) is 0 Å². The topological polar surface area (TPSA) is 114 Å². The predicted octanol–water partition coefficient (Wildman–Crippen LogP) is 3.92. The molecule has 0 spiro atoms. The van der Waals surface area contributed by atoms with Crippen molar-refractivity contribution in [2.75, 3.05) is 0 Å². The van der Waals surface area contributed by atoms with E-state index in [4.69, 9.17) is 16.6 Å². The first-order valence-corrected chi connectivity index (χ1v) is 9.38. The molecule has 10 heteroatoms. The highest BCUT2D eigenvalue weighted by molar-refractivity contribution is 8.26. The third-order valence-electron chi connectivity index (χ3n) is 4.07. The fourth-order valence-corrected chi connectivity index (χ4v) is 4.02. The molecule has 0 saturated carbocycles. The molecule has 0 bridgehead atoms. The molecule has 1 aromatic heterocycles. The minimum atomic E-state index is -1.11. The number of rotatable bonds is 6. The van der Waals surface area contributed by atoms with E-state index in [1.807, 2.05) is 0 Å². The van der Waals surface area contributed by atoms with Gasteiger partial charge in [-0.3, -0.25) is 19.8 Å². The van der Waals surface area contributed by atoms with E-state index < -0.39 is 22.8 Å². The third-order valence-corrected chi connectivity index (χ3v) is 5.40. The molecule has 8 nitrogen and oxygen atoms in total. The molecule has 1 unspecified atom stereocenters. The molecule has 144 valence electrons. The zero-order valence-corrected chi connectivity index (χ0v) is 16.2. The van der Waals surface area contributed by atoms with Crippen molar-refractivity contribution < 1.29 is 24.0 Å². The second kappa shape index (κ2) is 7.95. The Labute approximate surface area is 169 Å². The van der Waals surface area contributed by atoms with E-state index in [1.54, 1.807) is 31.2 Å². The van der Waals surface area contributed by atoms with Gasteiger partial charge < -0.3 is 9.52 Å². The molecule has 0 aliphatic carbocycles. The number of nitro benzene ring substituents is 1. The monoisotopic (exact) mass is 418 g/mol. The summed E-state index contributed by atoms with van der Waals surface area (Å²) in [4.78, 5) is 35.6. The van der Waals surface area contributed by atoms with Gasteiger partial charge in [0.1, 0.15) is 21.9 Å². The fourth-order valence-electron chi connectivity index (χ4n) is 2.68. The van der Waals surface area contributed by atoms with E-state index >= 15 is 0 Å². The summed E-state index contributed by atoms with van der Waals surface area (Å²) in [6.07, 6.45) is 1.74. The lowest BCUT2D eigenvalue weighted by Crippen LogP contribution is -2.43. The molecule has 1 atom stereocenters. The summed E-state index contributed by atoms with van der Waals surface area (Å²) >= 11 is 6.18. The SMILES string of the molecule is CCC(C(=O)O)N1C(=O)/C(=C\c2ccc(-c3ccc([N+](=O)[O-])cc3)o2)SC1=S. The summed E-state index contributed by atoms with van der Waals surface area (Å²) in [5.41, 5.74) is 0.623. The van der Waals surface area contributed by atoms with Crippen LogP contribution in [0.4, 0.5) is 5.69 Å². The van der Waals surface area contributed by atoms with Gasteiger partial charge in [-0.15, -0.1) is 0 Å². The number of thioether (sulfide) groups is 1. The number of nitrogens with zero attached hydrogens (tertiary/aromatic N) is 2. The van der Waals surface area contributed by atoms with Gasteiger partial charge in [-0.25, -0.2) is 4.79 Å².